The molecule has 1 aliphatic heterocycles. The SMILES string of the molecule is O=C1CCC(Cc2ccc(F)cc2Cl)N1. The highest BCUT2D eigenvalue weighted by atomic mass is 35.5. The summed E-state index contributed by atoms with van der Waals surface area (Å²) in [5.41, 5.74) is 0.880. The average Bonchev–Trinajstić information content (AvgIpc) is 2.56. The minimum Gasteiger partial charge on any atom is -0.353 e. The molecule has 1 atom stereocenters. The van der Waals surface area contributed by atoms with Crippen molar-refractivity contribution in [3.63, 3.8) is 0 Å². The molecule has 0 bridgehead atoms. The lowest BCUT2D eigenvalue weighted by molar-refractivity contribution is -0.119. The van der Waals surface area contributed by atoms with Crippen molar-refractivity contribution >= 4 is 17.5 Å². The second kappa shape index (κ2) is 4.19. The largest absolute Gasteiger partial charge is 0.353 e. The van der Waals surface area contributed by atoms with Gasteiger partial charge in [0, 0.05) is 17.5 Å². The number of rotatable bonds is 2. The van der Waals surface area contributed by atoms with Crippen LogP contribution in [0.5, 0.6) is 0 Å². The zero-order valence-electron chi connectivity index (χ0n) is 8.09. The van der Waals surface area contributed by atoms with Crippen LogP contribution in [0.4, 0.5) is 4.39 Å². The highest BCUT2D eigenvalue weighted by molar-refractivity contribution is 6.31. The van der Waals surface area contributed by atoms with Crippen LogP contribution in [0.15, 0.2) is 18.2 Å². The maximum absolute atomic E-state index is 12.8. The molecule has 80 valence electrons. The lowest BCUT2D eigenvalue weighted by Gasteiger charge is -2.10. The quantitative estimate of drug-likeness (QED) is 0.825. The van der Waals surface area contributed by atoms with E-state index in [1.165, 1.54) is 12.1 Å². The summed E-state index contributed by atoms with van der Waals surface area (Å²) >= 11 is 5.89. The molecule has 15 heavy (non-hydrogen) atoms. The van der Waals surface area contributed by atoms with Gasteiger partial charge < -0.3 is 5.32 Å². The number of hydrogen-bond acceptors (Lipinski definition) is 1. The first-order valence-corrected chi connectivity index (χ1v) is 5.26. The fourth-order valence-electron chi connectivity index (χ4n) is 1.78. The lowest BCUT2D eigenvalue weighted by Crippen LogP contribution is -2.27. The van der Waals surface area contributed by atoms with Crippen molar-refractivity contribution in [2.75, 3.05) is 0 Å². The molecule has 2 nitrogen and oxygen atoms in total. The third-order valence-corrected chi connectivity index (χ3v) is 2.92. The predicted octanol–water partition coefficient (Wildman–Crippen LogP) is 2.30. The van der Waals surface area contributed by atoms with E-state index in [4.69, 9.17) is 11.6 Å². The lowest BCUT2D eigenvalue weighted by atomic mass is 10.0. The summed E-state index contributed by atoms with van der Waals surface area (Å²) in [5.74, 6) is -0.252. The minimum absolute atomic E-state index is 0.0817. The number of carbonyl (C=O) groups is 1. The Labute approximate surface area is 92.4 Å². The van der Waals surface area contributed by atoms with E-state index in [0.717, 1.165) is 12.0 Å². The fourth-order valence-corrected chi connectivity index (χ4v) is 2.03. The molecule has 1 aliphatic rings. The Morgan fingerprint density at radius 3 is 2.93 bits per heavy atom. The molecule has 1 N–H and O–H groups in total. The molecule has 0 aromatic heterocycles. The maximum atomic E-state index is 12.8. The van der Waals surface area contributed by atoms with Crippen molar-refractivity contribution in [2.24, 2.45) is 0 Å². The van der Waals surface area contributed by atoms with Gasteiger partial charge in [-0.2, -0.15) is 0 Å². The molecule has 1 heterocycles. The first-order valence-electron chi connectivity index (χ1n) is 4.88. The van der Waals surface area contributed by atoms with E-state index in [0.29, 0.717) is 17.9 Å². The van der Waals surface area contributed by atoms with Gasteiger partial charge in [0.15, 0.2) is 0 Å². The van der Waals surface area contributed by atoms with Gasteiger partial charge >= 0.3 is 0 Å². The molecule has 0 radical (unpaired) electrons. The van der Waals surface area contributed by atoms with E-state index in [2.05, 4.69) is 5.32 Å². The van der Waals surface area contributed by atoms with Crippen molar-refractivity contribution in [2.45, 2.75) is 25.3 Å². The second-order valence-corrected chi connectivity index (χ2v) is 4.15. The van der Waals surface area contributed by atoms with Gasteiger partial charge in [0.25, 0.3) is 0 Å². The Morgan fingerprint density at radius 1 is 1.53 bits per heavy atom. The molecular formula is C11H11ClFNO. The highest BCUT2D eigenvalue weighted by Crippen LogP contribution is 2.21. The van der Waals surface area contributed by atoms with E-state index in [-0.39, 0.29) is 17.8 Å². The van der Waals surface area contributed by atoms with E-state index >= 15 is 0 Å². The normalized spacial score (nSPS) is 20.4. The number of nitrogens with one attached hydrogen (secondary N) is 1. The topological polar surface area (TPSA) is 29.1 Å². The van der Waals surface area contributed by atoms with E-state index in [1.54, 1.807) is 6.07 Å². The van der Waals surface area contributed by atoms with Crippen molar-refractivity contribution in [3.05, 3.63) is 34.6 Å². The van der Waals surface area contributed by atoms with Gasteiger partial charge in [-0.3, -0.25) is 4.79 Å². The Bertz CT molecular complexity index is 394. The number of carbonyl (C=O) groups excluding carboxylic acids is 1. The van der Waals surface area contributed by atoms with E-state index < -0.39 is 0 Å². The third-order valence-electron chi connectivity index (χ3n) is 2.57. The molecule has 1 saturated heterocycles. The van der Waals surface area contributed by atoms with Crippen LogP contribution in [0.1, 0.15) is 18.4 Å². The fraction of sp³-hybridized carbons (Fsp3) is 0.364. The zero-order chi connectivity index (χ0) is 10.8. The number of amides is 1. The van der Waals surface area contributed by atoms with Gasteiger partial charge in [0.1, 0.15) is 5.82 Å². The van der Waals surface area contributed by atoms with Crippen LogP contribution in [0.2, 0.25) is 5.02 Å². The molecule has 1 aromatic rings. The molecule has 0 spiro atoms. The minimum atomic E-state index is -0.334. The smallest absolute Gasteiger partial charge is 0.220 e. The number of halogens is 2. The van der Waals surface area contributed by atoms with E-state index in [9.17, 15) is 9.18 Å². The van der Waals surface area contributed by atoms with Crippen molar-refractivity contribution in [3.8, 4) is 0 Å². The second-order valence-electron chi connectivity index (χ2n) is 3.74. The van der Waals surface area contributed by atoms with Crippen LogP contribution >= 0.6 is 11.6 Å². The molecule has 1 unspecified atom stereocenters. The molecule has 1 amide bonds. The Balaban J connectivity index is 2.07. The first-order chi connectivity index (χ1) is 7.15. The summed E-state index contributed by atoms with van der Waals surface area (Å²) in [6, 6.07) is 4.49. The first kappa shape index (κ1) is 10.4. The Morgan fingerprint density at radius 2 is 2.33 bits per heavy atom. The summed E-state index contributed by atoms with van der Waals surface area (Å²) in [6.07, 6.45) is 2.07. The van der Waals surface area contributed by atoms with Gasteiger partial charge in [-0.1, -0.05) is 17.7 Å². The molecule has 0 saturated carbocycles. The monoisotopic (exact) mass is 227 g/mol. The van der Waals surface area contributed by atoms with Gasteiger partial charge in [-0.25, -0.2) is 4.39 Å². The summed E-state index contributed by atoms with van der Waals surface area (Å²) in [7, 11) is 0. The molecule has 1 fully saturated rings. The zero-order valence-corrected chi connectivity index (χ0v) is 8.85. The van der Waals surface area contributed by atoms with Crippen LogP contribution in [-0.4, -0.2) is 11.9 Å². The predicted molar refractivity (Wildman–Crippen MR) is 56.3 cm³/mol. The number of benzene rings is 1. The maximum Gasteiger partial charge on any atom is 0.220 e. The van der Waals surface area contributed by atoms with E-state index in [1.807, 2.05) is 0 Å². The van der Waals surface area contributed by atoms with Crippen LogP contribution in [-0.2, 0) is 11.2 Å². The van der Waals surface area contributed by atoms with Crippen LogP contribution in [0.3, 0.4) is 0 Å². The standard InChI is InChI=1S/C11H11ClFNO/c12-10-6-8(13)2-1-7(10)5-9-3-4-11(15)14-9/h1-2,6,9H,3-5H2,(H,14,15). The molecular weight excluding hydrogens is 217 g/mol. The summed E-state index contributed by atoms with van der Waals surface area (Å²) in [5, 5.41) is 3.28. The van der Waals surface area contributed by atoms with Crippen LogP contribution < -0.4 is 5.32 Å². The van der Waals surface area contributed by atoms with Crippen molar-refractivity contribution in [1.29, 1.82) is 0 Å². The third kappa shape index (κ3) is 2.48. The Kier molecular flexibility index (Phi) is 2.91. The van der Waals surface area contributed by atoms with Crippen molar-refractivity contribution in [1.82, 2.24) is 5.32 Å². The Hall–Kier alpha value is -1.09. The summed E-state index contributed by atoms with van der Waals surface area (Å²) < 4.78 is 12.8. The van der Waals surface area contributed by atoms with Gasteiger partial charge in [-0.05, 0) is 30.5 Å². The molecule has 1 aromatic carbocycles. The highest BCUT2D eigenvalue weighted by Gasteiger charge is 2.21. The van der Waals surface area contributed by atoms with Crippen molar-refractivity contribution < 1.29 is 9.18 Å². The molecule has 2 rings (SSSR count). The van der Waals surface area contributed by atoms with Gasteiger partial charge in [0.2, 0.25) is 5.91 Å². The average molecular weight is 228 g/mol. The molecule has 0 aliphatic carbocycles. The summed E-state index contributed by atoms with van der Waals surface area (Å²) in [4.78, 5) is 11.0. The summed E-state index contributed by atoms with van der Waals surface area (Å²) in [6.45, 7) is 0. The van der Waals surface area contributed by atoms with Crippen LogP contribution in [0, 0.1) is 5.82 Å². The molecule has 4 heteroatoms. The van der Waals surface area contributed by atoms with Gasteiger partial charge in [-0.15, -0.1) is 0 Å². The number of hydrogen-bond donors (Lipinski definition) is 1. The van der Waals surface area contributed by atoms with Gasteiger partial charge in [0.05, 0.1) is 0 Å². The van der Waals surface area contributed by atoms with Crippen LogP contribution in [0.25, 0.3) is 0 Å².